The third kappa shape index (κ3) is 5.42. The van der Waals surface area contributed by atoms with E-state index in [0.717, 1.165) is 0 Å². The van der Waals surface area contributed by atoms with E-state index in [1.54, 1.807) is 20.8 Å². The van der Waals surface area contributed by atoms with Crippen LogP contribution < -0.4 is 0 Å². The van der Waals surface area contributed by atoms with Crippen LogP contribution in [-0.4, -0.2) is 139 Å². The monoisotopic (exact) mass is 498 g/mol. The first kappa shape index (κ1) is 28.1. The minimum Gasteiger partial charge on any atom is -0.388 e. The smallest absolute Gasteiger partial charge is 0.187 e. The molecule has 0 radical (unpaired) electrons. The molecular weight excluding hydrogens is 460 g/mol. The maximum atomic E-state index is 11.0. The third-order valence-corrected chi connectivity index (χ3v) is 6.71. The van der Waals surface area contributed by atoms with Gasteiger partial charge in [0.25, 0.3) is 0 Å². The zero-order chi connectivity index (χ0) is 25.3. The number of aliphatic hydroxyl groups is 5. The van der Waals surface area contributed by atoms with E-state index in [9.17, 15) is 25.5 Å². The number of hydrogen-bond donors (Lipinski definition) is 5. The molecule has 5 N–H and O–H groups in total. The number of aliphatic hydroxyl groups excluding tert-OH is 5. The van der Waals surface area contributed by atoms with Crippen LogP contribution in [0.4, 0.5) is 0 Å². The number of methoxy groups -OCH3 is 3. The first-order valence-electron chi connectivity index (χ1n) is 11.3. The first-order valence-corrected chi connectivity index (χ1v) is 11.3. The highest BCUT2D eigenvalue weighted by atomic mass is 16.8. The zero-order valence-corrected chi connectivity index (χ0v) is 20.2. The molecule has 3 fully saturated rings. The van der Waals surface area contributed by atoms with Crippen molar-refractivity contribution in [2.75, 3.05) is 21.3 Å². The molecule has 0 aromatic rings. The molecular formula is C21H38O13. The van der Waals surface area contributed by atoms with Gasteiger partial charge in [-0.25, -0.2) is 0 Å². The van der Waals surface area contributed by atoms with Crippen molar-refractivity contribution < 1.29 is 63.4 Å². The van der Waals surface area contributed by atoms with Gasteiger partial charge in [-0.15, -0.1) is 0 Å². The minimum absolute atomic E-state index is 0.571. The van der Waals surface area contributed by atoms with Crippen molar-refractivity contribution in [2.45, 2.75) is 113 Å². The minimum atomic E-state index is -1.54. The van der Waals surface area contributed by atoms with E-state index >= 15 is 0 Å². The lowest BCUT2D eigenvalue weighted by Gasteiger charge is -2.48. The van der Waals surface area contributed by atoms with Crippen LogP contribution in [-0.2, 0) is 37.9 Å². The number of rotatable bonds is 7. The molecule has 0 unspecified atom stereocenters. The predicted molar refractivity (Wildman–Crippen MR) is 111 cm³/mol. The van der Waals surface area contributed by atoms with Crippen molar-refractivity contribution >= 4 is 0 Å². The van der Waals surface area contributed by atoms with E-state index < -0.39 is 92.1 Å². The Morgan fingerprint density at radius 1 is 0.471 bits per heavy atom. The molecule has 3 aliphatic rings. The second kappa shape index (κ2) is 11.7. The summed E-state index contributed by atoms with van der Waals surface area (Å²) in [5.41, 5.74) is 0. The summed E-state index contributed by atoms with van der Waals surface area (Å²) >= 11 is 0. The molecule has 0 bridgehead atoms. The summed E-state index contributed by atoms with van der Waals surface area (Å²) in [7, 11) is 4.12. The fourth-order valence-corrected chi connectivity index (χ4v) is 4.67. The van der Waals surface area contributed by atoms with Crippen molar-refractivity contribution in [1.82, 2.24) is 0 Å². The summed E-state index contributed by atoms with van der Waals surface area (Å²) in [5, 5.41) is 53.1. The number of ether oxygens (including phenoxy) is 8. The van der Waals surface area contributed by atoms with Crippen LogP contribution in [0.15, 0.2) is 0 Å². The van der Waals surface area contributed by atoms with E-state index in [2.05, 4.69) is 0 Å². The Morgan fingerprint density at radius 2 is 0.971 bits per heavy atom. The van der Waals surface area contributed by atoms with Crippen molar-refractivity contribution in [3.05, 3.63) is 0 Å². The fourth-order valence-electron chi connectivity index (χ4n) is 4.67. The molecule has 3 saturated heterocycles. The second-order valence-corrected chi connectivity index (χ2v) is 8.92. The summed E-state index contributed by atoms with van der Waals surface area (Å²) in [6.07, 6.45) is -16.3. The molecule has 200 valence electrons. The van der Waals surface area contributed by atoms with E-state index in [1.807, 2.05) is 0 Å². The predicted octanol–water partition coefficient (Wildman–Crippen LogP) is -2.53. The Labute approximate surface area is 198 Å². The third-order valence-electron chi connectivity index (χ3n) is 6.71. The van der Waals surface area contributed by atoms with Gasteiger partial charge in [-0.05, 0) is 20.8 Å². The molecule has 34 heavy (non-hydrogen) atoms. The molecule has 0 amide bonds. The van der Waals surface area contributed by atoms with Gasteiger partial charge in [0.1, 0.15) is 54.9 Å². The summed E-state index contributed by atoms with van der Waals surface area (Å²) in [5.74, 6) is 0. The number of hydrogen-bond acceptors (Lipinski definition) is 13. The molecule has 3 heterocycles. The normalized spacial score (nSPS) is 52.5. The highest BCUT2D eigenvalue weighted by Crippen LogP contribution is 2.33. The van der Waals surface area contributed by atoms with E-state index in [1.165, 1.54) is 21.3 Å². The molecule has 3 rings (SSSR count). The van der Waals surface area contributed by atoms with Crippen LogP contribution in [0.2, 0.25) is 0 Å². The summed E-state index contributed by atoms with van der Waals surface area (Å²) in [6, 6.07) is 0. The van der Waals surface area contributed by atoms with Gasteiger partial charge >= 0.3 is 0 Å². The zero-order valence-electron chi connectivity index (χ0n) is 20.2. The molecule has 0 aromatic carbocycles. The molecule has 13 heteroatoms. The van der Waals surface area contributed by atoms with Gasteiger partial charge in [0.15, 0.2) is 18.9 Å². The SMILES string of the molecule is CO[C@@H]1[C@H](O[C@@H]2[C@@H](O)[C@H](C)O[C@@H](O[C@@H]3[C@@H](O)[C@H](C)O[C@@H](O)[C@@H]3OC)[C@@H]2O)O[C@@H](C)[C@@H](OC)[C@H]1O. The molecule has 0 aliphatic carbocycles. The average Bonchev–Trinajstić information content (AvgIpc) is 2.78. The molecule has 0 saturated carbocycles. The van der Waals surface area contributed by atoms with Gasteiger partial charge in [-0.1, -0.05) is 0 Å². The van der Waals surface area contributed by atoms with Crippen LogP contribution in [0.1, 0.15) is 20.8 Å². The molecule has 15 atom stereocenters. The van der Waals surface area contributed by atoms with Crippen LogP contribution in [0.5, 0.6) is 0 Å². The Kier molecular flexibility index (Phi) is 9.64. The lowest BCUT2D eigenvalue weighted by Crippen LogP contribution is -2.65. The average molecular weight is 499 g/mol. The summed E-state index contributed by atoms with van der Waals surface area (Å²) < 4.78 is 44.3. The topological polar surface area (TPSA) is 175 Å². The first-order chi connectivity index (χ1) is 16.0. The van der Waals surface area contributed by atoms with Crippen LogP contribution in [0.3, 0.4) is 0 Å². The Hall–Kier alpha value is -0.520. The summed E-state index contributed by atoms with van der Waals surface area (Å²) in [6.45, 7) is 4.80. The van der Waals surface area contributed by atoms with Gasteiger partial charge in [0, 0.05) is 21.3 Å². The maximum Gasteiger partial charge on any atom is 0.187 e. The maximum absolute atomic E-state index is 11.0. The highest BCUT2D eigenvalue weighted by molar-refractivity contribution is 4.95. The second-order valence-electron chi connectivity index (χ2n) is 8.92. The van der Waals surface area contributed by atoms with Gasteiger partial charge in [0.05, 0.1) is 18.3 Å². The van der Waals surface area contributed by atoms with Crippen LogP contribution in [0, 0.1) is 0 Å². The van der Waals surface area contributed by atoms with Gasteiger partial charge in [0.2, 0.25) is 0 Å². The quantitative estimate of drug-likeness (QED) is 0.249. The van der Waals surface area contributed by atoms with Crippen molar-refractivity contribution in [3.63, 3.8) is 0 Å². The lowest BCUT2D eigenvalue weighted by atomic mass is 9.96. The Bertz CT molecular complexity index is 640. The van der Waals surface area contributed by atoms with Crippen molar-refractivity contribution in [1.29, 1.82) is 0 Å². The van der Waals surface area contributed by atoms with Crippen LogP contribution in [0.25, 0.3) is 0 Å². The van der Waals surface area contributed by atoms with E-state index in [-0.39, 0.29) is 0 Å². The van der Waals surface area contributed by atoms with Gasteiger partial charge in [-0.3, -0.25) is 0 Å². The van der Waals surface area contributed by atoms with Crippen molar-refractivity contribution in [3.8, 4) is 0 Å². The van der Waals surface area contributed by atoms with Crippen molar-refractivity contribution in [2.24, 2.45) is 0 Å². The van der Waals surface area contributed by atoms with Crippen LogP contribution >= 0.6 is 0 Å². The Balaban J connectivity index is 1.77. The fraction of sp³-hybridized carbons (Fsp3) is 1.00. The lowest BCUT2D eigenvalue weighted by molar-refractivity contribution is -0.376. The van der Waals surface area contributed by atoms with E-state index in [4.69, 9.17) is 37.9 Å². The summed E-state index contributed by atoms with van der Waals surface area (Å²) in [4.78, 5) is 0. The van der Waals surface area contributed by atoms with Gasteiger partial charge in [-0.2, -0.15) is 0 Å². The molecule has 0 aromatic heterocycles. The van der Waals surface area contributed by atoms with Gasteiger partial charge < -0.3 is 63.4 Å². The molecule has 0 spiro atoms. The molecule has 13 nitrogen and oxygen atoms in total. The highest BCUT2D eigenvalue weighted by Gasteiger charge is 2.53. The Morgan fingerprint density at radius 3 is 1.56 bits per heavy atom. The molecule has 3 aliphatic heterocycles. The van der Waals surface area contributed by atoms with E-state index in [0.29, 0.717) is 0 Å². The largest absolute Gasteiger partial charge is 0.388 e. The standard InChI is InChI=1S/C21H38O13/c1-7-11(23)16(18(29-6)19(26)30-7)34-20-13(25)15(10(22)8(2)31-20)33-21-17(28-5)12(24)14(27-4)9(3)32-21/h7-26H,1-6H3/t7-,8-,9-,10-,11-,12+,13+,14+,15+,16+,17-,18+,19+,20-,21-/m0/s1.